The second-order valence-electron chi connectivity index (χ2n) is 15.2. The van der Waals surface area contributed by atoms with Crippen LogP contribution in [-0.2, 0) is 0 Å². The van der Waals surface area contributed by atoms with E-state index in [0.29, 0.717) is 13.1 Å². The van der Waals surface area contributed by atoms with E-state index < -0.39 is 12.2 Å². The van der Waals surface area contributed by atoms with Crippen LogP contribution in [0.4, 0.5) is 9.59 Å². The first-order valence-corrected chi connectivity index (χ1v) is 22.0. The third kappa shape index (κ3) is 34.7. The summed E-state index contributed by atoms with van der Waals surface area (Å²) in [6, 6.07) is 0. The zero-order valence-electron chi connectivity index (χ0n) is 35.9. The van der Waals surface area contributed by atoms with Crippen LogP contribution < -0.4 is 80.2 Å². The Morgan fingerprint density at radius 1 is 0.426 bits per heavy atom. The van der Waals surface area contributed by atoms with Gasteiger partial charge in [0.15, 0.2) is 12.2 Å². The number of nitrogens with zero attached hydrogens (tertiary/aromatic N) is 4. The second kappa shape index (κ2) is 42.1. The van der Waals surface area contributed by atoms with Crippen molar-refractivity contribution in [2.45, 2.75) is 219 Å². The molecule has 0 radical (unpaired) electrons. The molecule has 0 spiro atoms. The van der Waals surface area contributed by atoms with Crippen LogP contribution in [-0.4, -0.2) is 60.1 Å². The van der Waals surface area contributed by atoms with Crippen LogP contribution in [0, 0.1) is 0 Å². The van der Waals surface area contributed by atoms with Crippen LogP contribution in [0.2, 0.25) is 0 Å². The number of hydrogen-bond acceptors (Lipinski definition) is 6. The summed E-state index contributed by atoms with van der Waals surface area (Å²) in [5.74, 6) is 1.52. The van der Waals surface area contributed by atoms with E-state index >= 15 is 0 Å². The van der Waals surface area contributed by atoms with Crippen molar-refractivity contribution in [2.24, 2.45) is 9.98 Å². The van der Waals surface area contributed by atoms with E-state index in [9.17, 15) is 19.8 Å². The van der Waals surface area contributed by atoms with Gasteiger partial charge in [-0.1, -0.05) is 206 Å². The Morgan fingerprint density at radius 3 is 0.796 bits per heavy atom. The van der Waals surface area contributed by atoms with Crippen LogP contribution in [0.15, 0.2) is 9.98 Å². The first-order chi connectivity index (χ1) is 25.5. The first-order valence-electron chi connectivity index (χ1n) is 22.0. The summed E-state index contributed by atoms with van der Waals surface area (Å²) in [5, 5.41) is 23.0. The van der Waals surface area contributed by atoms with Gasteiger partial charge in [0, 0.05) is 13.1 Å². The molecule has 2 heterocycles. The van der Waals surface area contributed by atoms with Crippen molar-refractivity contribution in [3.8, 4) is 0 Å². The summed E-state index contributed by atoms with van der Waals surface area (Å²) in [4.78, 5) is 29.6. The zero-order valence-corrected chi connectivity index (χ0v) is 39.9. The third-order valence-electron chi connectivity index (χ3n) is 10.2. The maximum absolute atomic E-state index is 10.5. The van der Waals surface area contributed by atoms with Gasteiger partial charge in [-0.3, -0.25) is 30.9 Å². The standard InChI is InChI=1S/2C21H41N3O2.2Na/c2*1-2-3-4-5-6-7-8-9-10-11-12-13-14-15-16-17-18-22-20-19-24(23-20)21(25)26;;/h2*2-19H2,1H3,(H,22,23)(H,25,26);;/q;;2*+1/p-2. The minimum atomic E-state index is -1.19. The van der Waals surface area contributed by atoms with Crippen LogP contribution in [0.5, 0.6) is 0 Å². The Hall–Kier alpha value is -0.520. The molecule has 0 aromatic heterocycles. The fraction of sp³-hybridized carbons (Fsp3) is 0.905. The number of carboxylic acid groups (broad SMARTS) is 2. The van der Waals surface area contributed by atoms with E-state index in [2.05, 4.69) is 34.7 Å². The zero-order chi connectivity index (χ0) is 37.7. The Kier molecular flexibility index (Phi) is 43.3. The third-order valence-corrected chi connectivity index (χ3v) is 10.2. The van der Waals surface area contributed by atoms with Gasteiger partial charge in [0.25, 0.3) is 0 Å². The molecule has 54 heavy (non-hydrogen) atoms. The van der Waals surface area contributed by atoms with Crippen molar-refractivity contribution in [1.82, 2.24) is 20.9 Å². The average molecular weight is 779 g/mol. The van der Waals surface area contributed by atoms with Gasteiger partial charge in [-0.15, -0.1) is 0 Å². The molecular formula is C42H80N6Na2O4. The number of nitrogens with one attached hydrogen (secondary N) is 2. The number of rotatable bonds is 34. The van der Waals surface area contributed by atoms with Gasteiger partial charge in [0.1, 0.15) is 11.7 Å². The molecule has 0 aliphatic carbocycles. The quantitative estimate of drug-likeness (QED) is 0.0758. The number of aliphatic imine (C=N–C) groups is 2. The monoisotopic (exact) mass is 779 g/mol. The Labute approximate surface area is 376 Å². The minimum Gasteiger partial charge on any atom is -0.529 e. The van der Waals surface area contributed by atoms with Crippen molar-refractivity contribution in [1.29, 1.82) is 0 Å². The minimum absolute atomic E-state index is 0. The molecule has 2 amide bonds. The van der Waals surface area contributed by atoms with E-state index in [4.69, 9.17) is 0 Å². The summed E-state index contributed by atoms with van der Waals surface area (Å²) in [7, 11) is 0. The van der Waals surface area contributed by atoms with Gasteiger partial charge < -0.3 is 19.8 Å². The van der Waals surface area contributed by atoms with E-state index in [1.165, 1.54) is 193 Å². The molecule has 2 N–H and O–H groups in total. The number of hydrazine groups is 2. The van der Waals surface area contributed by atoms with Crippen molar-refractivity contribution < 1.29 is 78.9 Å². The van der Waals surface area contributed by atoms with E-state index in [0.717, 1.165) is 47.6 Å². The predicted octanol–water partition coefficient (Wildman–Crippen LogP) is 3.63. The van der Waals surface area contributed by atoms with E-state index in [-0.39, 0.29) is 59.1 Å². The van der Waals surface area contributed by atoms with Crippen molar-refractivity contribution in [2.75, 3.05) is 26.2 Å². The Balaban J connectivity index is 0. The topological polar surface area (TPSA) is 136 Å². The van der Waals surface area contributed by atoms with Gasteiger partial charge >= 0.3 is 59.1 Å². The maximum atomic E-state index is 10.5. The smallest absolute Gasteiger partial charge is 0.529 e. The molecule has 2 aliphatic heterocycles. The van der Waals surface area contributed by atoms with Crippen molar-refractivity contribution in [3.05, 3.63) is 0 Å². The van der Waals surface area contributed by atoms with Crippen molar-refractivity contribution >= 4 is 23.9 Å². The summed E-state index contributed by atoms with van der Waals surface area (Å²) < 4.78 is 0. The number of carbonyl (C=O) groups excluding carboxylic acids is 2. The molecule has 0 aromatic rings. The van der Waals surface area contributed by atoms with Crippen LogP contribution in [0.25, 0.3) is 0 Å². The average Bonchev–Trinajstić information content (AvgIpc) is 3.08. The molecule has 0 aromatic carbocycles. The molecule has 0 saturated carbocycles. The Morgan fingerprint density at radius 2 is 0.611 bits per heavy atom. The largest absolute Gasteiger partial charge is 1.00 e. The molecule has 2 fully saturated rings. The molecule has 0 bridgehead atoms. The SMILES string of the molecule is CCCCCCCCCCCCCCCCCCN=C1CN(C(=O)[O-])N1.CCCCCCCCCCCCCCCCCCN=C1CN(C(=O)[O-])N1.[Na+].[Na+]. The van der Waals surface area contributed by atoms with E-state index in [1.54, 1.807) is 0 Å². The molecule has 2 aliphatic rings. The number of amidine groups is 2. The number of amides is 2. The fourth-order valence-electron chi connectivity index (χ4n) is 6.72. The maximum Gasteiger partial charge on any atom is 1.00 e. The summed E-state index contributed by atoms with van der Waals surface area (Å²) in [6.07, 6.45) is 41.4. The molecule has 0 unspecified atom stereocenters. The molecule has 12 heteroatoms. The van der Waals surface area contributed by atoms with Crippen LogP contribution in [0.1, 0.15) is 219 Å². The Bertz CT molecular complexity index is 839. The summed E-state index contributed by atoms with van der Waals surface area (Å²) in [5.41, 5.74) is 5.31. The molecule has 304 valence electrons. The molecule has 2 saturated heterocycles. The molecule has 10 nitrogen and oxygen atoms in total. The van der Waals surface area contributed by atoms with Gasteiger partial charge in [0.2, 0.25) is 0 Å². The van der Waals surface area contributed by atoms with Crippen molar-refractivity contribution in [3.63, 3.8) is 0 Å². The molecule has 0 atom stereocenters. The normalized spacial score (nSPS) is 14.6. The molecule has 2 rings (SSSR count). The van der Waals surface area contributed by atoms with Gasteiger partial charge in [-0.2, -0.15) is 0 Å². The van der Waals surface area contributed by atoms with E-state index in [1.807, 2.05) is 0 Å². The number of hydrogen-bond donors (Lipinski definition) is 2. The second-order valence-corrected chi connectivity index (χ2v) is 15.2. The van der Waals surface area contributed by atoms with Crippen LogP contribution in [0.3, 0.4) is 0 Å². The summed E-state index contributed by atoms with van der Waals surface area (Å²) in [6.45, 7) is 6.84. The van der Waals surface area contributed by atoms with Gasteiger partial charge in [0.05, 0.1) is 13.1 Å². The first kappa shape index (κ1) is 55.6. The van der Waals surface area contributed by atoms with Crippen LogP contribution >= 0.6 is 0 Å². The number of carbonyl (C=O) groups is 2. The van der Waals surface area contributed by atoms with Gasteiger partial charge in [-0.25, -0.2) is 0 Å². The predicted molar refractivity (Wildman–Crippen MR) is 214 cm³/mol. The summed E-state index contributed by atoms with van der Waals surface area (Å²) >= 11 is 0. The van der Waals surface area contributed by atoms with Gasteiger partial charge in [-0.05, 0) is 12.8 Å². The molecular weight excluding hydrogens is 698 g/mol. The fourth-order valence-corrected chi connectivity index (χ4v) is 6.72. The number of unbranched alkanes of at least 4 members (excludes halogenated alkanes) is 30.